The monoisotopic (exact) mass is 453 g/mol. The lowest BCUT2D eigenvalue weighted by Gasteiger charge is -2.27. The summed E-state index contributed by atoms with van der Waals surface area (Å²) in [6, 6.07) is 16.0. The molecule has 178 valence electrons. The molecular weight excluding hydrogens is 418 g/mol. The molecule has 0 bridgehead atoms. The molecule has 0 radical (unpaired) electrons. The highest BCUT2D eigenvalue weighted by atomic mass is 16.6. The summed E-state index contributed by atoms with van der Waals surface area (Å²) >= 11 is 0. The molecule has 1 unspecified atom stereocenters. The number of methoxy groups -OCH3 is 1. The summed E-state index contributed by atoms with van der Waals surface area (Å²) in [6.45, 7) is 7.89. The topological polar surface area (TPSA) is 57.2 Å². The Labute approximate surface area is 197 Å². The van der Waals surface area contributed by atoms with E-state index in [0.29, 0.717) is 26.2 Å². The normalized spacial score (nSPS) is 14.9. The molecule has 1 aliphatic heterocycles. The van der Waals surface area contributed by atoms with E-state index in [1.165, 1.54) is 11.1 Å². The molecule has 33 heavy (non-hydrogen) atoms. The molecule has 1 aliphatic rings. The van der Waals surface area contributed by atoms with Gasteiger partial charge < -0.3 is 18.9 Å². The number of carbonyl (C=O) groups is 1. The van der Waals surface area contributed by atoms with Crippen LogP contribution in [0.2, 0.25) is 0 Å². The van der Waals surface area contributed by atoms with Gasteiger partial charge in [-0.1, -0.05) is 36.4 Å². The highest BCUT2D eigenvalue weighted by Gasteiger charge is 2.20. The molecule has 2 aromatic carbocycles. The van der Waals surface area contributed by atoms with Crippen LogP contribution >= 0.6 is 0 Å². The van der Waals surface area contributed by atoms with Crippen LogP contribution in [-0.4, -0.2) is 63.5 Å². The number of para-hydroxylation sites is 1. The zero-order valence-electron chi connectivity index (χ0n) is 19.9. The largest absolute Gasteiger partial charge is 0.496 e. The van der Waals surface area contributed by atoms with E-state index in [-0.39, 0.29) is 5.97 Å². The van der Waals surface area contributed by atoms with Crippen LogP contribution in [0.4, 0.5) is 0 Å². The Bertz CT molecular complexity index is 909. The quantitative estimate of drug-likeness (QED) is 0.445. The van der Waals surface area contributed by atoms with E-state index in [4.69, 9.17) is 18.9 Å². The van der Waals surface area contributed by atoms with E-state index in [9.17, 15) is 4.79 Å². The molecule has 0 saturated carbocycles. The Hall–Kier alpha value is -2.83. The van der Waals surface area contributed by atoms with Crippen molar-refractivity contribution in [1.82, 2.24) is 4.90 Å². The molecule has 0 aromatic heterocycles. The average Bonchev–Trinajstić information content (AvgIpc) is 2.85. The maximum atomic E-state index is 12.0. The fraction of sp³-hybridized carbons (Fsp3) is 0.444. The van der Waals surface area contributed by atoms with Gasteiger partial charge >= 0.3 is 5.97 Å². The van der Waals surface area contributed by atoms with Crippen LogP contribution in [0.25, 0.3) is 5.57 Å². The number of hydrogen-bond acceptors (Lipinski definition) is 6. The molecule has 0 aliphatic carbocycles. The first-order chi connectivity index (χ1) is 16.1. The first kappa shape index (κ1) is 24.8. The summed E-state index contributed by atoms with van der Waals surface area (Å²) in [5.74, 6) is 1.44. The van der Waals surface area contributed by atoms with Gasteiger partial charge in [-0.15, -0.1) is 0 Å². The summed E-state index contributed by atoms with van der Waals surface area (Å²) < 4.78 is 22.1. The van der Waals surface area contributed by atoms with Gasteiger partial charge in [-0.3, -0.25) is 4.90 Å². The van der Waals surface area contributed by atoms with Crippen molar-refractivity contribution in [2.45, 2.75) is 32.8 Å². The number of hydrogen-bond donors (Lipinski definition) is 0. The van der Waals surface area contributed by atoms with E-state index >= 15 is 0 Å². The van der Waals surface area contributed by atoms with Gasteiger partial charge in [-0.05, 0) is 49.6 Å². The molecule has 0 fully saturated rings. The zero-order valence-corrected chi connectivity index (χ0v) is 19.9. The lowest BCUT2D eigenvalue weighted by molar-refractivity contribution is -0.156. The van der Waals surface area contributed by atoms with E-state index in [1.54, 1.807) is 14.0 Å². The number of carbonyl (C=O) groups excluding carboxylic acids is 1. The maximum Gasteiger partial charge on any atom is 0.335 e. The van der Waals surface area contributed by atoms with Crippen LogP contribution in [0.5, 0.6) is 11.5 Å². The van der Waals surface area contributed by atoms with E-state index in [0.717, 1.165) is 43.1 Å². The van der Waals surface area contributed by atoms with Crippen LogP contribution in [0.3, 0.4) is 0 Å². The minimum Gasteiger partial charge on any atom is -0.496 e. The molecule has 1 atom stereocenters. The smallest absolute Gasteiger partial charge is 0.335 e. The first-order valence-corrected chi connectivity index (χ1v) is 11.7. The van der Waals surface area contributed by atoms with Gasteiger partial charge in [0, 0.05) is 38.2 Å². The molecule has 3 rings (SSSR count). The fourth-order valence-electron chi connectivity index (χ4n) is 3.94. The Morgan fingerprint density at radius 2 is 1.85 bits per heavy atom. The van der Waals surface area contributed by atoms with Crippen molar-refractivity contribution >= 4 is 11.5 Å². The van der Waals surface area contributed by atoms with Gasteiger partial charge in [0.15, 0.2) is 6.10 Å². The van der Waals surface area contributed by atoms with Crippen LogP contribution in [-0.2, 0) is 20.7 Å². The summed E-state index contributed by atoms with van der Waals surface area (Å²) in [5.41, 5.74) is 3.54. The van der Waals surface area contributed by atoms with Gasteiger partial charge in [0.1, 0.15) is 18.1 Å². The Balaban J connectivity index is 1.45. The Kier molecular flexibility index (Phi) is 9.78. The van der Waals surface area contributed by atoms with E-state index in [2.05, 4.69) is 23.1 Å². The second kappa shape index (κ2) is 13.0. The summed E-state index contributed by atoms with van der Waals surface area (Å²) in [5, 5.41) is 0. The second-order valence-electron chi connectivity index (χ2n) is 7.87. The van der Waals surface area contributed by atoms with Gasteiger partial charge in [0.25, 0.3) is 0 Å². The lowest BCUT2D eigenvalue weighted by Crippen LogP contribution is -2.32. The molecule has 6 nitrogen and oxygen atoms in total. The number of benzene rings is 2. The highest BCUT2D eigenvalue weighted by Crippen LogP contribution is 2.29. The summed E-state index contributed by atoms with van der Waals surface area (Å²) in [7, 11) is 1.72. The summed E-state index contributed by atoms with van der Waals surface area (Å²) in [6.07, 6.45) is 3.20. The van der Waals surface area contributed by atoms with E-state index < -0.39 is 6.10 Å². The minimum atomic E-state index is -0.574. The fourth-order valence-corrected chi connectivity index (χ4v) is 3.94. The predicted molar refractivity (Wildman–Crippen MR) is 130 cm³/mol. The average molecular weight is 454 g/mol. The molecular formula is C27H35NO5. The SMILES string of the molecule is CCOC(=O)C(Cc1ccc(OCCN2CC=C(c3ccccc3OC)CC2)cc1)OCC. The van der Waals surface area contributed by atoms with Crippen LogP contribution in [0.1, 0.15) is 31.4 Å². The summed E-state index contributed by atoms with van der Waals surface area (Å²) in [4.78, 5) is 14.4. The van der Waals surface area contributed by atoms with Crippen molar-refractivity contribution in [3.63, 3.8) is 0 Å². The van der Waals surface area contributed by atoms with Crippen molar-refractivity contribution in [2.75, 3.05) is 46.6 Å². The molecule has 0 N–H and O–H groups in total. The van der Waals surface area contributed by atoms with Gasteiger partial charge in [-0.25, -0.2) is 4.79 Å². The lowest BCUT2D eigenvalue weighted by atomic mass is 9.98. The van der Waals surface area contributed by atoms with Crippen molar-refractivity contribution < 1.29 is 23.7 Å². The van der Waals surface area contributed by atoms with Crippen LogP contribution < -0.4 is 9.47 Å². The number of esters is 1. The van der Waals surface area contributed by atoms with Crippen LogP contribution in [0, 0.1) is 0 Å². The third-order valence-corrected chi connectivity index (χ3v) is 5.68. The third kappa shape index (κ3) is 7.34. The van der Waals surface area contributed by atoms with Crippen molar-refractivity contribution in [3.8, 4) is 11.5 Å². The number of ether oxygens (including phenoxy) is 4. The standard InChI is InChI=1S/C27H35NO5/c1-4-31-26(27(29)32-5-2)20-21-10-12-23(13-11-21)33-19-18-28-16-14-22(15-17-28)24-8-6-7-9-25(24)30-3/h6-14,26H,4-5,15-20H2,1-3H3. The Morgan fingerprint density at radius 3 is 2.52 bits per heavy atom. The zero-order chi connectivity index (χ0) is 23.5. The molecule has 6 heteroatoms. The number of nitrogens with zero attached hydrogens (tertiary/aromatic N) is 1. The Morgan fingerprint density at radius 1 is 1.06 bits per heavy atom. The highest BCUT2D eigenvalue weighted by molar-refractivity contribution is 5.75. The van der Waals surface area contributed by atoms with Crippen molar-refractivity contribution in [2.24, 2.45) is 0 Å². The second-order valence-corrected chi connectivity index (χ2v) is 7.87. The predicted octanol–water partition coefficient (Wildman–Crippen LogP) is 4.37. The molecule has 2 aromatic rings. The number of rotatable bonds is 12. The van der Waals surface area contributed by atoms with Gasteiger partial charge in [0.2, 0.25) is 0 Å². The van der Waals surface area contributed by atoms with Gasteiger partial charge in [0.05, 0.1) is 13.7 Å². The van der Waals surface area contributed by atoms with E-state index in [1.807, 2.05) is 43.3 Å². The molecule has 0 saturated heterocycles. The molecule has 1 heterocycles. The minimum absolute atomic E-state index is 0.316. The van der Waals surface area contributed by atoms with Crippen molar-refractivity contribution in [1.29, 1.82) is 0 Å². The first-order valence-electron chi connectivity index (χ1n) is 11.7. The van der Waals surface area contributed by atoms with Crippen LogP contribution in [0.15, 0.2) is 54.6 Å². The third-order valence-electron chi connectivity index (χ3n) is 5.68. The maximum absolute atomic E-state index is 12.0. The van der Waals surface area contributed by atoms with Crippen molar-refractivity contribution in [3.05, 3.63) is 65.7 Å². The molecule has 0 spiro atoms. The van der Waals surface area contributed by atoms with Gasteiger partial charge in [-0.2, -0.15) is 0 Å². The molecule has 0 amide bonds.